The summed E-state index contributed by atoms with van der Waals surface area (Å²) in [4.78, 5) is 29.8. The number of ether oxygens (including phenoxy) is 1. The number of carbonyl (C=O) groups excluding carboxylic acids is 1. The number of hydrogen-bond donors (Lipinski definition) is 1. The highest BCUT2D eigenvalue weighted by atomic mass is 32.2. The van der Waals surface area contributed by atoms with Crippen LogP contribution in [0.4, 0.5) is 0 Å². The van der Waals surface area contributed by atoms with E-state index in [0.717, 1.165) is 11.4 Å². The highest BCUT2D eigenvalue weighted by molar-refractivity contribution is 7.99. The molecule has 0 unspecified atom stereocenters. The molecule has 0 bridgehead atoms. The maximum Gasteiger partial charge on any atom is 0.273 e. The van der Waals surface area contributed by atoms with E-state index in [0.29, 0.717) is 38.4 Å². The zero-order valence-corrected chi connectivity index (χ0v) is 19.8. The summed E-state index contributed by atoms with van der Waals surface area (Å²) in [5, 5.41) is 3.22. The van der Waals surface area contributed by atoms with Crippen molar-refractivity contribution < 1.29 is 13.9 Å². The molecule has 0 radical (unpaired) electrons. The minimum atomic E-state index is -0.200. The fraction of sp³-hybridized carbons (Fsp3) is 0.238. The Balaban J connectivity index is 1.60. The van der Waals surface area contributed by atoms with Crippen LogP contribution in [-0.4, -0.2) is 32.4 Å². The van der Waals surface area contributed by atoms with Crippen molar-refractivity contribution >= 4 is 51.6 Å². The van der Waals surface area contributed by atoms with Crippen molar-refractivity contribution in [2.45, 2.75) is 18.6 Å². The molecule has 0 spiro atoms. The maximum absolute atomic E-state index is 12.9. The van der Waals surface area contributed by atoms with Crippen molar-refractivity contribution in [1.29, 1.82) is 0 Å². The third kappa shape index (κ3) is 4.64. The molecule has 0 fully saturated rings. The number of amides is 1. The van der Waals surface area contributed by atoms with Gasteiger partial charge in [-0.1, -0.05) is 23.1 Å². The first-order chi connectivity index (χ1) is 15.5. The van der Waals surface area contributed by atoms with Crippen LogP contribution in [0.3, 0.4) is 0 Å². The van der Waals surface area contributed by atoms with Gasteiger partial charge in [-0.2, -0.15) is 0 Å². The maximum atomic E-state index is 12.9. The average Bonchev–Trinajstić information content (AvgIpc) is 3.42. The first-order valence-corrected chi connectivity index (χ1v) is 12.0. The number of aromatic nitrogens is 3. The largest absolute Gasteiger partial charge is 0.494 e. The number of nitrogens with one attached hydrogen (secondary N) is 1. The lowest BCUT2D eigenvalue weighted by molar-refractivity contribution is -0.118. The van der Waals surface area contributed by atoms with Gasteiger partial charge in [0.1, 0.15) is 16.2 Å². The van der Waals surface area contributed by atoms with E-state index in [-0.39, 0.29) is 17.2 Å². The van der Waals surface area contributed by atoms with Crippen LogP contribution in [0.1, 0.15) is 12.7 Å². The molecule has 8 nitrogen and oxygen atoms in total. The Morgan fingerprint density at radius 3 is 2.78 bits per heavy atom. The molecule has 0 saturated heterocycles. The SMILES string of the molecule is CCOc1ccc(-n2c(=S)sc3c(=O)n(C)c(SCC(=O)NCc4ccco4)nc32)cc1. The molecular formula is C21H20N4O4S3. The third-order valence-corrected chi connectivity index (χ3v) is 6.93. The molecule has 3 aromatic heterocycles. The van der Waals surface area contributed by atoms with Crippen molar-refractivity contribution in [3.05, 3.63) is 62.7 Å². The topological polar surface area (TPSA) is 91.3 Å². The summed E-state index contributed by atoms with van der Waals surface area (Å²) in [6.07, 6.45) is 1.55. The predicted molar refractivity (Wildman–Crippen MR) is 127 cm³/mol. The smallest absolute Gasteiger partial charge is 0.273 e. The van der Waals surface area contributed by atoms with Crippen molar-refractivity contribution in [2.75, 3.05) is 12.4 Å². The van der Waals surface area contributed by atoms with Crippen molar-refractivity contribution in [2.24, 2.45) is 7.05 Å². The van der Waals surface area contributed by atoms with Crippen LogP contribution < -0.4 is 15.6 Å². The molecule has 1 amide bonds. The third-order valence-electron chi connectivity index (χ3n) is 4.55. The number of carbonyl (C=O) groups is 1. The first-order valence-electron chi connectivity index (χ1n) is 9.75. The number of thioether (sulfide) groups is 1. The van der Waals surface area contributed by atoms with Gasteiger partial charge in [0.15, 0.2) is 14.8 Å². The Hall–Kier alpha value is -2.89. The van der Waals surface area contributed by atoms with Gasteiger partial charge in [0.05, 0.1) is 25.2 Å². The van der Waals surface area contributed by atoms with E-state index in [1.54, 1.807) is 30.0 Å². The van der Waals surface area contributed by atoms with E-state index in [9.17, 15) is 9.59 Å². The van der Waals surface area contributed by atoms with Gasteiger partial charge < -0.3 is 14.5 Å². The molecule has 0 atom stereocenters. The zero-order chi connectivity index (χ0) is 22.7. The molecule has 4 aromatic rings. The van der Waals surface area contributed by atoms with E-state index < -0.39 is 0 Å². The van der Waals surface area contributed by atoms with Crippen LogP contribution in [-0.2, 0) is 18.4 Å². The Labute approximate surface area is 196 Å². The van der Waals surface area contributed by atoms with Gasteiger partial charge in [-0.25, -0.2) is 4.98 Å². The van der Waals surface area contributed by atoms with Gasteiger partial charge >= 0.3 is 0 Å². The number of nitrogens with zero attached hydrogens (tertiary/aromatic N) is 3. The van der Waals surface area contributed by atoms with Crippen LogP contribution in [0, 0.1) is 3.95 Å². The fourth-order valence-electron chi connectivity index (χ4n) is 3.01. The molecule has 3 heterocycles. The Morgan fingerprint density at radius 1 is 1.31 bits per heavy atom. The Kier molecular flexibility index (Phi) is 6.77. The second kappa shape index (κ2) is 9.72. The lowest BCUT2D eigenvalue weighted by Crippen LogP contribution is -2.25. The van der Waals surface area contributed by atoms with Gasteiger partial charge in [-0.05, 0) is 55.5 Å². The monoisotopic (exact) mass is 488 g/mol. The van der Waals surface area contributed by atoms with Crippen molar-refractivity contribution in [1.82, 2.24) is 19.4 Å². The van der Waals surface area contributed by atoms with E-state index in [1.807, 2.05) is 31.2 Å². The molecular weight excluding hydrogens is 468 g/mol. The van der Waals surface area contributed by atoms with Gasteiger partial charge in [0.25, 0.3) is 5.56 Å². The summed E-state index contributed by atoms with van der Waals surface area (Å²) in [7, 11) is 1.64. The number of furan rings is 1. The minimum absolute atomic E-state index is 0.112. The number of thiazole rings is 1. The van der Waals surface area contributed by atoms with E-state index in [2.05, 4.69) is 10.3 Å². The van der Waals surface area contributed by atoms with Crippen LogP contribution in [0.15, 0.2) is 57.0 Å². The molecule has 0 aliphatic carbocycles. The Bertz CT molecular complexity index is 1350. The summed E-state index contributed by atoms with van der Waals surface area (Å²) >= 11 is 7.94. The second-order valence-corrected chi connectivity index (χ2v) is 9.27. The molecule has 11 heteroatoms. The Morgan fingerprint density at radius 2 is 2.09 bits per heavy atom. The van der Waals surface area contributed by atoms with Crippen molar-refractivity contribution in [3.63, 3.8) is 0 Å². The standard InChI is InChI=1S/C21H20N4O4S3/c1-3-28-14-8-6-13(7-9-14)25-18-17(32-21(25)30)19(27)24(2)20(23-18)31-12-16(26)22-11-15-5-4-10-29-15/h4-10H,3,11-12H2,1-2H3,(H,22,26). The summed E-state index contributed by atoms with van der Waals surface area (Å²) in [6, 6.07) is 11.0. The summed E-state index contributed by atoms with van der Waals surface area (Å²) in [6.45, 7) is 2.80. The molecule has 0 aliphatic heterocycles. The van der Waals surface area contributed by atoms with E-state index in [1.165, 1.54) is 27.7 Å². The van der Waals surface area contributed by atoms with Gasteiger partial charge in [-0.3, -0.25) is 18.7 Å². The lowest BCUT2D eigenvalue weighted by atomic mass is 10.3. The normalized spacial score (nSPS) is 11.1. The number of rotatable bonds is 8. The highest BCUT2D eigenvalue weighted by Crippen LogP contribution is 2.26. The zero-order valence-electron chi connectivity index (χ0n) is 17.4. The van der Waals surface area contributed by atoms with Gasteiger partial charge in [0, 0.05) is 12.7 Å². The van der Waals surface area contributed by atoms with E-state index >= 15 is 0 Å². The molecule has 166 valence electrons. The average molecular weight is 489 g/mol. The summed E-state index contributed by atoms with van der Waals surface area (Å²) < 4.78 is 14.9. The van der Waals surface area contributed by atoms with Crippen molar-refractivity contribution in [3.8, 4) is 11.4 Å². The molecule has 4 rings (SSSR count). The van der Waals surface area contributed by atoms with E-state index in [4.69, 9.17) is 21.4 Å². The minimum Gasteiger partial charge on any atom is -0.494 e. The quantitative estimate of drug-likeness (QED) is 0.228. The number of benzene rings is 1. The van der Waals surface area contributed by atoms with Crippen LogP contribution in [0.25, 0.3) is 16.0 Å². The summed E-state index contributed by atoms with van der Waals surface area (Å²) in [5.41, 5.74) is 1.07. The second-order valence-electron chi connectivity index (χ2n) is 6.69. The molecule has 1 aromatic carbocycles. The fourth-order valence-corrected chi connectivity index (χ4v) is 5.15. The summed E-state index contributed by atoms with van der Waals surface area (Å²) in [5.74, 6) is 1.35. The molecule has 32 heavy (non-hydrogen) atoms. The van der Waals surface area contributed by atoms with Gasteiger partial charge in [0.2, 0.25) is 5.91 Å². The van der Waals surface area contributed by atoms with Gasteiger partial charge in [-0.15, -0.1) is 0 Å². The first kappa shape index (κ1) is 22.3. The van der Waals surface area contributed by atoms with Crippen LogP contribution in [0.2, 0.25) is 0 Å². The molecule has 0 saturated carbocycles. The predicted octanol–water partition coefficient (Wildman–Crippen LogP) is 3.92. The molecule has 0 aliphatic rings. The molecule has 1 N–H and O–H groups in total. The number of fused-ring (bicyclic) bond motifs is 1. The highest BCUT2D eigenvalue weighted by Gasteiger charge is 2.17. The van der Waals surface area contributed by atoms with Crippen LogP contribution >= 0.6 is 35.3 Å². The number of hydrogen-bond acceptors (Lipinski definition) is 8. The van der Waals surface area contributed by atoms with Crippen LogP contribution in [0.5, 0.6) is 5.75 Å². The lowest BCUT2D eigenvalue weighted by Gasteiger charge is -2.10.